The Balaban J connectivity index is 1.80. The van der Waals surface area contributed by atoms with E-state index >= 15 is 0 Å². The lowest BCUT2D eigenvalue weighted by Crippen LogP contribution is -2.30. The van der Waals surface area contributed by atoms with E-state index in [1.807, 2.05) is 0 Å². The third-order valence-corrected chi connectivity index (χ3v) is 3.21. The van der Waals surface area contributed by atoms with Crippen LogP contribution in [0.25, 0.3) is 0 Å². The van der Waals surface area contributed by atoms with Crippen molar-refractivity contribution in [2.24, 2.45) is 0 Å². The molecule has 0 heterocycles. The van der Waals surface area contributed by atoms with E-state index in [0.29, 0.717) is 0 Å². The Kier molecular flexibility index (Phi) is 5.71. The van der Waals surface area contributed by atoms with Gasteiger partial charge >= 0.3 is 0 Å². The SMILES string of the molecule is CCCCCCCCCNC1(C#N)CC1. The van der Waals surface area contributed by atoms with Gasteiger partial charge in [-0.05, 0) is 25.8 Å². The van der Waals surface area contributed by atoms with Crippen LogP contribution in [0.2, 0.25) is 0 Å². The lowest BCUT2D eigenvalue weighted by molar-refractivity contribution is 0.534. The second-order valence-electron chi connectivity index (χ2n) is 4.74. The van der Waals surface area contributed by atoms with Crippen LogP contribution in [0.5, 0.6) is 0 Å². The fourth-order valence-corrected chi connectivity index (χ4v) is 1.86. The maximum Gasteiger partial charge on any atom is 0.106 e. The molecule has 15 heavy (non-hydrogen) atoms. The minimum atomic E-state index is -0.109. The molecule has 0 bridgehead atoms. The summed E-state index contributed by atoms with van der Waals surface area (Å²) in [7, 11) is 0. The zero-order valence-corrected chi connectivity index (χ0v) is 10.0. The van der Waals surface area contributed by atoms with Crippen LogP contribution in [-0.4, -0.2) is 12.1 Å². The molecule has 0 spiro atoms. The molecule has 0 aromatic heterocycles. The highest BCUT2D eigenvalue weighted by Crippen LogP contribution is 2.34. The van der Waals surface area contributed by atoms with Crippen LogP contribution in [-0.2, 0) is 0 Å². The fraction of sp³-hybridized carbons (Fsp3) is 0.923. The monoisotopic (exact) mass is 208 g/mol. The molecule has 0 amide bonds. The zero-order chi connectivity index (χ0) is 11.0. The molecule has 1 aliphatic rings. The van der Waals surface area contributed by atoms with Crippen LogP contribution >= 0.6 is 0 Å². The van der Waals surface area contributed by atoms with E-state index in [0.717, 1.165) is 19.4 Å². The Morgan fingerprint density at radius 1 is 1.07 bits per heavy atom. The van der Waals surface area contributed by atoms with E-state index < -0.39 is 0 Å². The van der Waals surface area contributed by atoms with E-state index in [1.54, 1.807) is 0 Å². The molecule has 0 atom stereocenters. The lowest BCUT2D eigenvalue weighted by Gasteiger charge is -2.08. The van der Waals surface area contributed by atoms with Crippen molar-refractivity contribution in [3.8, 4) is 6.07 Å². The first-order valence-electron chi connectivity index (χ1n) is 6.49. The molecule has 1 rings (SSSR count). The van der Waals surface area contributed by atoms with Crippen molar-refractivity contribution >= 4 is 0 Å². The molecule has 1 saturated carbocycles. The van der Waals surface area contributed by atoms with Crippen molar-refractivity contribution in [3.63, 3.8) is 0 Å². The highest BCUT2D eigenvalue weighted by Gasteiger charge is 2.42. The van der Waals surface area contributed by atoms with Crippen LogP contribution in [0.4, 0.5) is 0 Å². The van der Waals surface area contributed by atoms with E-state index in [4.69, 9.17) is 5.26 Å². The first-order chi connectivity index (χ1) is 7.33. The molecule has 0 aromatic rings. The molecule has 2 heteroatoms. The van der Waals surface area contributed by atoms with Crippen LogP contribution < -0.4 is 5.32 Å². The molecule has 2 nitrogen and oxygen atoms in total. The van der Waals surface area contributed by atoms with Gasteiger partial charge in [-0.15, -0.1) is 0 Å². The smallest absolute Gasteiger partial charge is 0.106 e. The van der Waals surface area contributed by atoms with Gasteiger partial charge in [0.2, 0.25) is 0 Å². The van der Waals surface area contributed by atoms with E-state index in [2.05, 4.69) is 18.3 Å². The topological polar surface area (TPSA) is 35.8 Å². The maximum absolute atomic E-state index is 8.84. The van der Waals surface area contributed by atoms with E-state index in [1.165, 1.54) is 44.9 Å². The molecule has 0 aromatic carbocycles. The Morgan fingerprint density at radius 2 is 1.67 bits per heavy atom. The van der Waals surface area contributed by atoms with Crippen LogP contribution in [0.3, 0.4) is 0 Å². The Hall–Kier alpha value is -0.550. The quantitative estimate of drug-likeness (QED) is 0.590. The van der Waals surface area contributed by atoms with Gasteiger partial charge in [0.05, 0.1) is 6.07 Å². The minimum absolute atomic E-state index is 0.109. The van der Waals surface area contributed by atoms with Gasteiger partial charge in [0, 0.05) is 0 Å². The zero-order valence-electron chi connectivity index (χ0n) is 10.0. The third-order valence-electron chi connectivity index (χ3n) is 3.21. The second-order valence-corrected chi connectivity index (χ2v) is 4.74. The summed E-state index contributed by atoms with van der Waals surface area (Å²) in [6.45, 7) is 3.28. The van der Waals surface area contributed by atoms with Gasteiger partial charge in [0.1, 0.15) is 5.54 Å². The molecule has 0 saturated heterocycles. The number of nitriles is 1. The average Bonchev–Trinajstić information content (AvgIpc) is 3.03. The number of nitrogens with zero attached hydrogens (tertiary/aromatic N) is 1. The van der Waals surface area contributed by atoms with Gasteiger partial charge in [0.15, 0.2) is 0 Å². The van der Waals surface area contributed by atoms with Gasteiger partial charge in [-0.3, -0.25) is 5.32 Å². The molecule has 0 radical (unpaired) electrons. The summed E-state index contributed by atoms with van der Waals surface area (Å²) in [5.41, 5.74) is -0.109. The van der Waals surface area contributed by atoms with Crippen LogP contribution in [0, 0.1) is 11.3 Å². The van der Waals surface area contributed by atoms with E-state index in [-0.39, 0.29) is 5.54 Å². The summed E-state index contributed by atoms with van der Waals surface area (Å²) in [6, 6.07) is 2.36. The number of hydrogen-bond acceptors (Lipinski definition) is 2. The summed E-state index contributed by atoms with van der Waals surface area (Å²) in [5.74, 6) is 0. The first-order valence-corrected chi connectivity index (χ1v) is 6.49. The number of rotatable bonds is 9. The van der Waals surface area contributed by atoms with Gasteiger partial charge in [0.25, 0.3) is 0 Å². The first kappa shape index (κ1) is 12.5. The van der Waals surface area contributed by atoms with Crippen LogP contribution in [0.1, 0.15) is 64.7 Å². The van der Waals surface area contributed by atoms with E-state index in [9.17, 15) is 0 Å². The van der Waals surface area contributed by atoms with Crippen molar-refractivity contribution < 1.29 is 0 Å². The summed E-state index contributed by atoms with van der Waals surface area (Å²) < 4.78 is 0. The molecule has 1 aliphatic carbocycles. The largest absolute Gasteiger partial charge is 0.299 e. The number of nitrogens with one attached hydrogen (secondary N) is 1. The Bertz CT molecular complexity index is 201. The third kappa shape index (κ3) is 5.18. The number of hydrogen-bond donors (Lipinski definition) is 1. The highest BCUT2D eigenvalue weighted by atomic mass is 15.0. The Morgan fingerprint density at radius 3 is 2.20 bits per heavy atom. The Labute approximate surface area is 94.1 Å². The highest BCUT2D eigenvalue weighted by molar-refractivity contribution is 5.18. The standard InChI is InChI=1S/C13H24N2/c1-2-3-4-5-6-7-8-11-15-13(12-14)9-10-13/h15H,2-11H2,1H3. The number of unbranched alkanes of at least 4 members (excludes halogenated alkanes) is 6. The average molecular weight is 208 g/mol. The van der Waals surface area contributed by atoms with Crippen molar-refractivity contribution in [1.82, 2.24) is 5.32 Å². The molecule has 0 aliphatic heterocycles. The molecular weight excluding hydrogens is 184 g/mol. The molecule has 0 unspecified atom stereocenters. The van der Waals surface area contributed by atoms with Gasteiger partial charge in [-0.2, -0.15) is 5.26 Å². The van der Waals surface area contributed by atoms with Crippen molar-refractivity contribution in [3.05, 3.63) is 0 Å². The van der Waals surface area contributed by atoms with Gasteiger partial charge in [-0.1, -0.05) is 45.4 Å². The van der Waals surface area contributed by atoms with Gasteiger partial charge < -0.3 is 0 Å². The second kappa shape index (κ2) is 6.85. The summed E-state index contributed by atoms with van der Waals surface area (Å²) in [5, 5.41) is 12.2. The normalized spacial score (nSPS) is 17.3. The lowest BCUT2D eigenvalue weighted by atomic mass is 10.1. The molecule has 1 N–H and O–H groups in total. The van der Waals surface area contributed by atoms with Crippen molar-refractivity contribution in [2.75, 3.05) is 6.54 Å². The molecule has 86 valence electrons. The van der Waals surface area contributed by atoms with Gasteiger partial charge in [-0.25, -0.2) is 0 Å². The molecular formula is C13H24N2. The van der Waals surface area contributed by atoms with Crippen molar-refractivity contribution in [2.45, 2.75) is 70.3 Å². The predicted molar refractivity (Wildman–Crippen MR) is 63.6 cm³/mol. The summed E-state index contributed by atoms with van der Waals surface area (Å²) >= 11 is 0. The summed E-state index contributed by atoms with van der Waals surface area (Å²) in [6.07, 6.45) is 11.5. The predicted octanol–water partition coefficient (Wildman–Crippen LogP) is 3.38. The fourth-order valence-electron chi connectivity index (χ4n) is 1.86. The minimum Gasteiger partial charge on any atom is -0.299 e. The summed E-state index contributed by atoms with van der Waals surface area (Å²) in [4.78, 5) is 0. The van der Waals surface area contributed by atoms with Crippen LogP contribution in [0.15, 0.2) is 0 Å². The van der Waals surface area contributed by atoms with Crippen molar-refractivity contribution in [1.29, 1.82) is 5.26 Å². The molecule has 1 fully saturated rings. The maximum atomic E-state index is 8.84.